The Morgan fingerprint density at radius 2 is 1.86 bits per heavy atom. The van der Waals surface area contributed by atoms with Gasteiger partial charge in [-0.15, -0.1) is 11.3 Å². The number of hydrogen-bond donors (Lipinski definition) is 3. The lowest BCUT2D eigenvalue weighted by atomic mass is 10.2. The zero-order valence-corrected chi connectivity index (χ0v) is 21.1. The molecule has 0 aliphatic heterocycles. The van der Waals surface area contributed by atoms with Crippen molar-refractivity contribution in [1.82, 2.24) is 19.3 Å². The molecule has 0 radical (unpaired) electrons. The van der Waals surface area contributed by atoms with Crippen LogP contribution in [0.25, 0.3) is 17.0 Å². The van der Waals surface area contributed by atoms with Gasteiger partial charge in [0.25, 0.3) is 5.91 Å². The van der Waals surface area contributed by atoms with Crippen LogP contribution in [0.2, 0.25) is 0 Å². The summed E-state index contributed by atoms with van der Waals surface area (Å²) in [6.07, 6.45) is 2.06. The molecule has 36 heavy (non-hydrogen) atoms. The fourth-order valence-corrected chi connectivity index (χ4v) is 4.77. The molecule has 4 N–H and O–H groups in total. The van der Waals surface area contributed by atoms with Crippen LogP contribution in [0.5, 0.6) is 0 Å². The number of benzene rings is 2. The molecule has 5 aromatic rings. The van der Waals surface area contributed by atoms with Gasteiger partial charge in [-0.25, -0.2) is 9.97 Å². The minimum Gasteiger partial charge on any atom is -0.397 e. The van der Waals surface area contributed by atoms with Crippen LogP contribution in [0.1, 0.15) is 21.6 Å². The molecule has 0 aliphatic carbocycles. The highest BCUT2D eigenvalue weighted by atomic mass is 32.1. The van der Waals surface area contributed by atoms with E-state index in [4.69, 9.17) is 15.7 Å². The molecule has 0 aliphatic rings. The Morgan fingerprint density at radius 1 is 1.08 bits per heavy atom. The molecule has 0 unspecified atom stereocenters. The predicted octanol–water partition coefficient (Wildman–Crippen LogP) is 5.41. The van der Waals surface area contributed by atoms with E-state index >= 15 is 0 Å². The predicted molar refractivity (Wildman–Crippen MR) is 147 cm³/mol. The number of nitrogens with one attached hydrogen (secondary N) is 2. The first-order valence-electron chi connectivity index (χ1n) is 11.5. The summed E-state index contributed by atoms with van der Waals surface area (Å²) in [6, 6.07) is 18.7. The van der Waals surface area contributed by atoms with Crippen LogP contribution in [0.15, 0.2) is 72.2 Å². The number of nitrogen functional groups attached to an aromatic ring is 1. The van der Waals surface area contributed by atoms with Crippen molar-refractivity contribution in [1.29, 1.82) is 0 Å². The summed E-state index contributed by atoms with van der Waals surface area (Å²) in [4.78, 5) is 24.3. The SMILES string of the molecule is Cc1nc2cc(CN(C)C)ccn2c1-c1csc(Nc2ccc(C(=O)Nc3ccccc3N)cc2)n1. The maximum absolute atomic E-state index is 12.6. The Hall–Kier alpha value is -4.21. The molecule has 3 heterocycles. The van der Waals surface area contributed by atoms with Gasteiger partial charge < -0.3 is 21.3 Å². The molecule has 0 saturated carbocycles. The van der Waals surface area contributed by atoms with Crippen molar-refractivity contribution in [2.45, 2.75) is 13.5 Å². The fraction of sp³-hybridized carbons (Fsp3) is 0.148. The summed E-state index contributed by atoms with van der Waals surface area (Å²) >= 11 is 1.52. The van der Waals surface area contributed by atoms with E-state index in [-0.39, 0.29) is 5.91 Å². The van der Waals surface area contributed by atoms with Crippen LogP contribution in [-0.2, 0) is 6.54 Å². The van der Waals surface area contributed by atoms with Crippen molar-refractivity contribution >= 4 is 45.1 Å². The van der Waals surface area contributed by atoms with Crippen LogP contribution in [0.3, 0.4) is 0 Å². The van der Waals surface area contributed by atoms with E-state index in [0.29, 0.717) is 16.9 Å². The topological polar surface area (TPSA) is 101 Å². The Kier molecular flexibility index (Phi) is 6.41. The molecule has 0 atom stereocenters. The number of imidazole rings is 1. The fourth-order valence-electron chi connectivity index (χ4n) is 4.05. The van der Waals surface area contributed by atoms with Gasteiger partial charge in [0.2, 0.25) is 0 Å². The van der Waals surface area contributed by atoms with E-state index in [0.717, 1.165) is 40.1 Å². The molecule has 3 aromatic heterocycles. The average molecular weight is 498 g/mol. The van der Waals surface area contributed by atoms with Crippen LogP contribution < -0.4 is 16.4 Å². The number of nitrogens with two attached hydrogens (primary N) is 1. The Morgan fingerprint density at radius 3 is 2.61 bits per heavy atom. The number of thiazole rings is 1. The molecule has 2 aromatic carbocycles. The van der Waals surface area contributed by atoms with Crippen molar-refractivity contribution in [3.8, 4) is 11.4 Å². The number of nitrogens with zero attached hydrogens (tertiary/aromatic N) is 4. The molecule has 5 rings (SSSR count). The highest BCUT2D eigenvalue weighted by molar-refractivity contribution is 7.14. The molecule has 0 fully saturated rings. The second-order valence-electron chi connectivity index (χ2n) is 8.83. The molecule has 9 heteroatoms. The first kappa shape index (κ1) is 23.5. The van der Waals surface area contributed by atoms with Gasteiger partial charge in [-0.1, -0.05) is 12.1 Å². The van der Waals surface area contributed by atoms with E-state index < -0.39 is 0 Å². The summed E-state index contributed by atoms with van der Waals surface area (Å²) < 4.78 is 2.08. The van der Waals surface area contributed by atoms with E-state index in [2.05, 4.69) is 52.4 Å². The van der Waals surface area contributed by atoms with E-state index in [9.17, 15) is 4.79 Å². The third kappa shape index (κ3) is 4.93. The molecular formula is C27H27N7OS. The van der Waals surface area contributed by atoms with Gasteiger partial charge in [0.05, 0.1) is 22.8 Å². The van der Waals surface area contributed by atoms with Gasteiger partial charge in [0.1, 0.15) is 11.3 Å². The van der Waals surface area contributed by atoms with Gasteiger partial charge in [-0.05, 0) is 75.1 Å². The molecule has 8 nitrogen and oxygen atoms in total. The largest absolute Gasteiger partial charge is 0.397 e. The number of aromatic nitrogens is 3. The van der Waals surface area contributed by atoms with Crippen LogP contribution in [0, 0.1) is 6.92 Å². The number of carbonyl (C=O) groups is 1. The minimum absolute atomic E-state index is 0.215. The number of para-hydroxylation sites is 2. The maximum Gasteiger partial charge on any atom is 0.255 e. The lowest BCUT2D eigenvalue weighted by Gasteiger charge is -2.09. The number of pyridine rings is 1. The van der Waals surface area contributed by atoms with Gasteiger partial charge in [-0.3, -0.25) is 9.20 Å². The molecule has 0 spiro atoms. The number of carbonyl (C=O) groups excluding carboxylic acids is 1. The van der Waals surface area contributed by atoms with Crippen molar-refractivity contribution < 1.29 is 4.79 Å². The summed E-state index contributed by atoms with van der Waals surface area (Å²) in [7, 11) is 4.11. The van der Waals surface area contributed by atoms with Crippen LogP contribution in [-0.4, -0.2) is 39.3 Å². The number of amides is 1. The first-order valence-corrected chi connectivity index (χ1v) is 12.4. The van der Waals surface area contributed by atoms with Crippen LogP contribution in [0.4, 0.5) is 22.2 Å². The lowest BCUT2D eigenvalue weighted by Crippen LogP contribution is -2.13. The summed E-state index contributed by atoms with van der Waals surface area (Å²) in [6.45, 7) is 2.87. The molecule has 1 amide bonds. The quantitative estimate of drug-likeness (QED) is 0.260. The monoisotopic (exact) mass is 497 g/mol. The summed E-state index contributed by atoms with van der Waals surface area (Å²) in [5, 5.41) is 8.96. The highest BCUT2D eigenvalue weighted by Crippen LogP contribution is 2.30. The van der Waals surface area contributed by atoms with Gasteiger partial charge in [-0.2, -0.15) is 0 Å². The third-order valence-electron chi connectivity index (χ3n) is 5.72. The van der Waals surface area contributed by atoms with Gasteiger partial charge in [0, 0.05) is 29.4 Å². The maximum atomic E-state index is 12.6. The number of hydrogen-bond acceptors (Lipinski definition) is 7. The molecule has 0 saturated heterocycles. The van der Waals surface area contributed by atoms with E-state index in [1.165, 1.54) is 16.9 Å². The molecule has 182 valence electrons. The molecular weight excluding hydrogens is 470 g/mol. The van der Waals surface area contributed by atoms with Gasteiger partial charge in [0.15, 0.2) is 5.13 Å². The first-order chi connectivity index (χ1) is 17.4. The summed E-state index contributed by atoms with van der Waals surface area (Å²) in [5.41, 5.74) is 13.3. The Balaban J connectivity index is 1.30. The second kappa shape index (κ2) is 9.80. The second-order valence-corrected chi connectivity index (χ2v) is 9.69. The van der Waals surface area contributed by atoms with Crippen molar-refractivity contribution in [3.63, 3.8) is 0 Å². The third-order valence-corrected chi connectivity index (χ3v) is 6.48. The summed E-state index contributed by atoms with van der Waals surface area (Å²) in [5.74, 6) is -0.215. The van der Waals surface area contributed by atoms with E-state index in [1.807, 2.05) is 36.6 Å². The van der Waals surface area contributed by atoms with E-state index in [1.54, 1.807) is 24.3 Å². The zero-order chi connectivity index (χ0) is 25.2. The zero-order valence-electron chi connectivity index (χ0n) is 20.3. The average Bonchev–Trinajstić information content (AvgIpc) is 3.43. The number of aryl methyl sites for hydroxylation is 1. The normalized spacial score (nSPS) is 11.2. The standard InChI is InChI=1S/C27H27N7OS/c1-17-25(34-13-12-18(15-33(2)3)14-24(34)29-17)23-16-36-27(32-23)30-20-10-8-19(9-11-20)26(35)31-22-7-5-4-6-21(22)28/h4-14,16H,15,28H2,1-3H3,(H,30,32)(H,31,35). The highest BCUT2D eigenvalue weighted by Gasteiger charge is 2.15. The Labute approximate surface area is 213 Å². The Bertz CT molecular complexity index is 1540. The van der Waals surface area contributed by atoms with Crippen molar-refractivity contribution in [3.05, 3.63) is 89.1 Å². The minimum atomic E-state index is -0.215. The van der Waals surface area contributed by atoms with Gasteiger partial charge >= 0.3 is 0 Å². The van der Waals surface area contributed by atoms with Crippen LogP contribution >= 0.6 is 11.3 Å². The number of anilines is 4. The van der Waals surface area contributed by atoms with Crippen molar-refractivity contribution in [2.75, 3.05) is 30.5 Å². The molecule has 0 bridgehead atoms. The van der Waals surface area contributed by atoms with Crippen molar-refractivity contribution in [2.24, 2.45) is 0 Å². The number of rotatable bonds is 7. The number of fused-ring (bicyclic) bond motifs is 1. The smallest absolute Gasteiger partial charge is 0.255 e. The lowest BCUT2D eigenvalue weighted by molar-refractivity contribution is 0.102.